The van der Waals surface area contributed by atoms with Gasteiger partial charge in [0.05, 0.1) is 0 Å². The number of halogens is 1. The fourth-order valence-corrected chi connectivity index (χ4v) is 2.81. The third-order valence-corrected chi connectivity index (χ3v) is 3.87. The van der Waals surface area contributed by atoms with Gasteiger partial charge in [-0.3, -0.25) is 4.79 Å². The lowest BCUT2D eigenvalue weighted by atomic mass is 10.0. The van der Waals surface area contributed by atoms with Crippen LogP contribution in [0.3, 0.4) is 0 Å². The molecule has 0 aliphatic rings. The van der Waals surface area contributed by atoms with E-state index in [0.717, 1.165) is 42.4 Å². The van der Waals surface area contributed by atoms with Crippen LogP contribution in [0, 0.1) is 5.92 Å². The van der Waals surface area contributed by atoms with Gasteiger partial charge in [-0.25, -0.2) is 0 Å². The SMILES string of the molecule is CCCC(CCBr)CNC(=O)c1ccc(N(C)C)cc1. The summed E-state index contributed by atoms with van der Waals surface area (Å²) in [7, 11) is 3.98. The van der Waals surface area contributed by atoms with Gasteiger partial charge in [0.2, 0.25) is 0 Å². The smallest absolute Gasteiger partial charge is 0.251 e. The summed E-state index contributed by atoms with van der Waals surface area (Å²) in [6.07, 6.45) is 3.42. The quantitative estimate of drug-likeness (QED) is 0.732. The molecular weight excluding hydrogens is 316 g/mol. The molecular formula is C16H25BrN2O. The predicted molar refractivity (Wildman–Crippen MR) is 89.9 cm³/mol. The zero-order valence-electron chi connectivity index (χ0n) is 12.7. The van der Waals surface area contributed by atoms with Gasteiger partial charge in [0.25, 0.3) is 5.91 Å². The molecule has 0 aromatic heterocycles. The summed E-state index contributed by atoms with van der Waals surface area (Å²) in [5, 5.41) is 4.04. The third-order valence-electron chi connectivity index (χ3n) is 3.41. The van der Waals surface area contributed by atoms with Crippen LogP contribution in [0.25, 0.3) is 0 Å². The van der Waals surface area contributed by atoms with E-state index in [0.29, 0.717) is 5.92 Å². The Bertz CT molecular complexity index is 397. The van der Waals surface area contributed by atoms with Gasteiger partial charge in [-0.15, -0.1) is 0 Å². The Balaban J connectivity index is 2.53. The highest BCUT2D eigenvalue weighted by molar-refractivity contribution is 9.09. The summed E-state index contributed by atoms with van der Waals surface area (Å²) >= 11 is 3.48. The summed E-state index contributed by atoms with van der Waals surface area (Å²) < 4.78 is 0. The van der Waals surface area contributed by atoms with E-state index in [1.54, 1.807) is 0 Å². The first-order valence-corrected chi connectivity index (χ1v) is 8.32. The Morgan fingerprint density at radius 2 is 1.90 bits per heavy atom. The van der Waals surface area contributed by atoms with Crippen molar-refractivity contribution in [2.24, 2.45) is 5.92 Å². The van der Waals surface area contributed by atoms with Gasteiger partial charge < -0.3 is 10.2 Å². The Morgan fingerprint density at radius 1 is 1.25 bits per heavy atom. The molecule has 1 atom stereocenters. The maximum absolute atomic E-state index is 12.1. The molecule has 0 saturated carbocycles. The first-order chi connectivity index (χ1) is 9.58. The van der Waals surface area contributed by atoms with Crippen LogP contribution in [-0.4, -0.2) is 31.9 Å². The van der Waals surface area contributed by atoms with Gasteiger partial charge in [-0.2, -0.15) is 0 Å². The number of nitrogens with one attached hydrogen (secondary N) is 1. The average molecular weight is 341 g/mol. The van der Waals surface area contributed by atoms with Crippen molar-refractivity contribution >= 4 is 27.5 Å². The zero-order chi connectivity index (χ0) is 15.0. The molecule has 1 rings (SSSR count). The molecule has 0 radical (unpaired) electrons. The van der Waals surface area contributed by atoms with E-state index in [2.05, 4.69) is 28.2 Å². The fraction of sp³-hybridized carbons (Fsp3) is 0.562. The maximum atomic E-state index is 12.1. The van der Waals surface area contributed by atoms with E-state index in [9.17, 15) is 4.79 Å². The third kappa shape index (κ3) is 5.53. The first-order valence-electron chi connectivity index (χ1n) is 7.20. The van der Waals surface area contributed by atoms with Crippen LogP contribution in [0.2, 0.25) is 0 Å². The Kier molecular flexibility index (Phi) is 7.67. The highest BCUT2D eigenvalue weighted by Gasteiger charge is 2.10. The summed E-state index contributed by atoms with van der Waals surface area (Å²) in [6, 6.07) is 7.70. The first kappa shape index (κ1) is 17.0. The standard InChI is InChI=1S/C16H25BrN2O/c1-4-5-13(10-11-17)12-18-16(20)14-6-8-15(9-7-14)19(2)3/h6-9,13H,4-5,10-12H2,1-3H3,(H,18,20). The summed E-state index contributed by atoms with van der Waals surface area (Å²) in [5.74, 6) is 0.579. The molecule has 1 N–H and O–H groups in total. The van der Waals surface area contributed by atoms with Gasteiger partial charge in [-0.05, 0) is 43.0 Å². The largest absolute Gasteiger partial charge is 0.378 e. The van der Waals surface area contributed by atoms with E-state index in [1.807, 2.05) is 43.3 Å². The van der Waals surface area contributed by atoms with E-state index < -0.39 is 0 Å². The molecule has 0 fully saturated rings. The molecule has 0 bridgehead atoms. The number of rotatable bonds is 8. The maximum Gasteiger partial charge on any atom is 0.251 e. The average Bonchev–Trinajstić information content (AvgIpc) is 2.45. The zero-order valence-corrected chi connectivity index (χ0v) is 14.2. The minimum absolute atomic E-state index is 0.0194. The number of amides is 1. The van der Waals surface area contributed by atoms with Crippen molar-refractivity contribution in [2.45, 2.75) is 26.2 Å². The molecule has 0 aliphatic heterocycles. The molecule has 0 aliphatic carbocycles. The van der Waals surface area contributed by atoms with Gasteiger partial charge in [0.15, 0.2) is 0 Å². The minimum Gasteiger partial charge on any atom is -0.378 e. The second-order valence-corrected chi connectivity index (χ2v) is 6.08. The number of nitrogens with zero attached hydrogens (tertiary/aromatic N) is 1. The van der Waals surface area contributed by atoms with Crippen molar-refractivity contribution < 1.29 is 4.79 Å². The van der Waals surface area contributed by atoms with Crippen molar-refractivity contribution in [2.75, 3.05) is 30.9 Å². The van der Waals surface area contributed by atoms with Gasteiger partial charge >= 0.3 is 0 Å². The minimum atomic E-state index is 0.0194. The molecule has 1 aromatic rings. The molecule has 4 heteroatoms. The molecule has 1 aromatic carbocycles. The van der Waals surface area contributed by atoms with Crippen LogP contribution in [-0.2, 0) is 0 Å². The monoisotopic (exact) mass is 340 g/mol. The Hall–Kier alpha value is -1.03. The van der Waals surface area contributed by atoms with Gasteiger partial charge in [0, 0.05) is 37.2 Å². The van der Waals surface area contributed by atoms with E-state index >= 15 is 0 Å². The number of carbonyl (C=O) groups excluding carboxylic acids is 1. The van der Waals surface area contributed by atoms with E-state index in [-0.39, 0.29) is 5.91 Å². The second kappa shape index (κ2) is 9.01. The van der Waals surface area contributed by atoms with Crippen molar-refractivity contribution in [3.05, 3.63) is 29.8 Å². The Labute approximate surface area is 130 Å². The molecule has 112 valence electrons. The molecule has 0 spiro atoms. The number of alkyl halides is 1. The lowest BCUT2D eigenvalue weighted by molar-refractivity contribution is 0.0946. The topological polar surface area (TPSA) is 32.3 Å². The van der Waals surface area contributed by atoms with Crippen molar-refractivity contribution in [1.29, 1.82) is 0 Å². The van der Waals surface area contributed by atoms with Crippen molar-refractivity contribution in [3.8, 4) is 0 Å². The van der Waals surface area contributed by atoms with E-state index in [1.165, 1.54) is 0 Å². The molecule has 20 heavy (non-hydrogen) atoms. The van der Waals surface area contributed by atoms with Crippen molar-refractivity contribution in [1.82, 2.24) is 5.32 Å². The lowest BCUT2D eigenvalue weighted by Crippen LogP contribution is -2.29. The van der Waals surface area contributed by atoms with Gasteiger partial charge in [0.1, 0.15) is 0 Å². The van der Waals surface area contributed by atoms with Crippen LogP contribution in [0.15, 0.2) is 24.3 Å². The number of hydrogen-bond donors (Lipinski definition) is 1. The molecule has 0 heterocycles. The van der Waals surface area contributed by atoms with Gasteiger partial charge in [-0.1, -0.05) is 29.3 Å². The second-order valence-electron chi connectivity index (χ2n) is 5.28. The molecule has 0 saturated heterocycles. The Morgan fingerprint density at radius 3 is 2.40 bits per heavy atom. The van der Waals surface area contributed by atoms with Crippen LogP contribution in [0.5, 0.6) is 0 Å². The fourth-order valence-electron chi connectivity index (χ4n) is 2.16. The summed E-state index contributed by atoms with van der Waals surface area (Å²) in [4.78, 5) is 14.1. The van der Waals surface area contributed by atoms with Crippen LogP contribution in [0.4, 0.5) is 5.69 Å². The summed E-state index contributed by atoms with van der Waals surface area (Å²) in [5.41, 5.74) is 1.83. The lowest BCUT2D eigenvalue weighted by Gasteiger charge is -2.16. The normalized spacial score (nSPS) is 12.0. The van der Waals surface area contributed by atoms with Crippen LogP contribution < -0.4 is 10.2 Å². The van der Waals surface area contributed by atoms with Crippen molar-refractivity contribution in [3.63, 3.8) is 0 Å². The number of anilines is 1. The summed E-state index contributed by atoms with van der Waals surface area (Å²) in [6.45, 7) is 2.94. The number of carbonyl (C=O) groups is 1. The highest BCUT2D eigenvalue weighted by atomic mass is 79.9. The molecule has 1 amide bonds. The van der Waals surface area contributed by atoms with Crippen LogP contribution in [0.1, 0.15) is 36.5 Å². The molecule has 1 unspecified atom stereocenters. The van der Waals surface area contributed by atoms with Crippen LogP contribution >= 0.6 is 15.9 Å². The number of hydrogen-bond acceptors (Lipinski definition) is 2. The highest BCUT2D eigenvalue weighted by Crippen LogP contribution is 2.14. The molecule has 3 nitrogen and oxygen atoms in total. The van der Waals surface area contributed by atoms with E-state index in [4.69, 9.17) is 0 Å². The predicted octanol–water partition coefficient (Wildman–Crippen LogP) is 3.68. The number of benzene rings is 1.